The summed E-state index contributed by atoms with van der Waals surface area (Å²) in [7, 11) is 0. The molecule has 1 aromatic heterocycles. The number of nitrogens with zero attached hydrogens (tertiary/aromatic N) is 4. The molecule has 138 valence electrons. The number of hydrogen-bond donors (Lipinski definition) is 1. The van der Waals surface area contributed by atoms with E-state index < -0.39 is 0 Å². The Bertz CT molecular complexity index is 594. The molecular formula is C18H29N5O2. The summed E-state index contributed by atoms with van der Waals surface area (Å²) in [6.07, 6.45) is 8.12. The molecule has 4 rings (SSSR count). The van der Waals surface area contributed by atoms with Gasteiger partial charge in [0.2, 0.25) is 5.89 Å². The van der Waals surface area contributed by atoms with Crippen LogP contribution in [0.2, 0.25) is 0 Å². The number of carbonyl (C=O) groups is 1. The first-order valence-electron chi connectivity index (χ1n) is 9.81. The third kappa shape index (κ3) is 3.66. The molecule has 0 unspecified atom stereocenters. The van der Waals surface area contributed by atoms with Crippen molar-refractivity contribution in [2.24, 2.45) is 0 Å². The highest BCUT2D eigenvalue weighted by Crippen LogP contribution is 2.35. The van der Waals surface area contributed by atoms with Crippen LogP contribution < -0.4 is 5.32 Å². The molecule has 25 heavy (non-hydrogen) atoms. The zero-order chi connectivity index (χ0) is 17.2. The van der Waals surface area contributed by atoms with Gasteiger partial charge in [0.25, 0.3) is 0 Å². The van der Waals surface area contributed by atoms with Crippen molar-refractivity contribution < 1.29 is 9.32 Å². The standard InChI is InChI=1S/C18H29N5O2/c1-13-5-2-3-10-23(13)15-11-22(12-15)18(24)19-9-8-16-20-17(25-21-16)14-6-4-7-14/h13-15H,2-12H2,1H3,(H,19,24)/t13-/m1/s1. The summed E-state index contributed by atoms with van der Waals surface area (Å²) in [5, 5.41) is 7.00. The monoisotopic (exact) mass is 347 g/mol. The van der Waals surface area contributed by atoms with Gasteiger partial charge in [-0.15, -0.1) is 0 Å². The van der Waals surface area contributed by atoms with Crippen LogP contribution in [-0.4, -0.2) is 64.2 Å². The molecule has 1 atom stereocenters. The van der Waals surface area contributed by atoms with Gasteiger partial charge in [-0.05, 0) is 39.2 Å². The van der Waals surface area contributed by atoms with E-state index in [1.807, 2.05) is 4.90 Å². The average Bonchev–Trinajstić information content (AvgIpc) is 2.94. The van der Waals surface area contributed by atoms with Gasteiger partial charge in [0, 0.05) is 44.1 Å². The van der Waals surface area contributed by atoms with Crippen molar-refractivity contribution in [1.82, 2.24) is 25.3 Å². The van der Waals surface area contributed by atoms with Crippen molar-refractivity contribution in [3.63, 3.8) is 0 Å². The number of rotatable bonds is 5. The number of urea groups is 1. The van der Waals surface area contributed by atoms with E-state index in [4.69, 9.17) is 4.52 Å². The predicted molar refractivity (Wildman–Crippen MR) is 93.4 cm³/mol. The van der Waals surface area contributed by atoms with Crippen molar-refractivity contribution in [1.29, 1.82) is 0 Å². The Balaban J connectivity index is 1.16. The van der Waals surface area contributed by atoms with Gasteiger partial charge in [0.05, 0.1) is 0 Å². The first kappa shape index (κ1) is 16.8. The van der Waals surface area contributed by atoms with E-state index in [0.717, 1.165) is 31.8 Å². The summed E-state index contributed by atoms with van der Waals surface area (Å²) in [6, 6.07) is 1.24. The van der Waals surface area contributed by atoms with Crippen LogP contribution in [0, 0.1) is 0 Å². The van der Waals surface area contributed by atoms with Gasteiger partial charge in [-0.2, -0.15) is 4.98 Å². The van der Waals surface area contributed by atoms with Gasteiger partial charge >= 0.3 is 6.03 Å². The number of hydrogen-bond acceptors (Lipinski definition) is 5. The van der Waals surface area contributed by atoms with Crippen LogP contribution in [0.1, 0.15) is 63.1 Å². The van der Waals surface area contributed by atoms with E-state index in [0.29, 0.717) is 36.8 Å². The highest BCUT2D eigenvalue weighted by molar-refractivity contribution is 5.75. The molecule has 2 saturated heterocycles. The van der Waals surface area contributed by atoms with Gasteiger partial charge in [-0.3, -0.25) is 4.90 Å². The van der Waals surface area contributed by atoms with Crippen LogP contribution in [0.15, 0.2) is 4.52 Å². The largest absolute Gasteiger partial charge is 0.339 e. The Morgan fingerprint density at radius 3 is 2.80 bits per heavy atom. The molecule has 0 aromatic carbocycles. The minimum atomic E-state index is 0.0311. The maximum atomic E-state index is 12.2. The van der Waals surface area contributed by atoms with E-state index in [1.54, 1.807) is 0 Å². The summed E-state index contributed by atoms with van der Waals surface area (Å²) < 4.78 is 5.31. The lowest BCUT2D eigenvalue weighted by Gasteiger charge is -2.49. The number of amides is 2. The highest BCUT2D eigenvalue weighted by Gasteiger charge is 2.37. The zero-order valence-corrected chi connectivity index (χ0v) is 15.1. The van der Waals surface area contributed by atoms with E-state index in [-0.39, 0.29) is 6.03 Å². The maximum absolute atomic E-state index is 12.2. The predicted octanol–water partition coefficient (Wildman–Crippen LogP) is 2.15. The molecule has 1 saturated carbocycles. The Labute approximate surface area is 149 Å². The molecule has 7 nitrogen and oxygen atoms in total. The van der Waals surface area contributed by atoms with Gasteiger partial charge < -0.3 is 14.7 Å². The lowest BCUT2D eigenvalue weighted by Crippen LogP contribution is -2.65. The molecule has 1 aliphatic carbocycles. The van der Waals surface area contributed by atoms with Crippen molar-refractivity contribution in [2.75, 3.05) is 26.2 Å². The molecule has 2 amide bonds. The number of likely N-dealkylation sites (tertiary alicyclic amines) is 2. The van der Waals surface area contributed by atoms with Gasteiger partial charge in [-0.1, -0.05) is 18.0 Å². The summed E-state index contributed by atoms with van der Waals surface area (Å²) in [5.41, 5.74) is 0. The molecule has 0 radical (unpaired) electrons. The molecule has 1 aromatic rings. The van der Waals surface area contributed by atoms with E-state index in [1.165, 1.54) is 32.2 Å². The molecule has 0 bridgehead atoms. The molecular weight excluding hydrogens is 318 g/mol. The summed E-state index contributed by atoms with van der Waals surface area (Å²) in [6.45, 7) is 5.76. The second kappa shape index (κ2) is 7.32. The van der Waals surface area contributed by atoms with E-state index in [9.17, 15) is 4.79 Å². The minimum absolute atomic E-state index is 0.0311. The third-order valence-corrected chi connectivity index (χ3v) is 6.04. The van der Waals surface area contributed by atoms with Crippen LogP contribution in [0.3, 0.4) is 0 Å². The van der Waals surface area contributed by atoms with Gasteiger partial charge in [-0.25, -0.2) is 4.79 Å². The zero-order valence-electron chi connectivity index (χ0n) is 15.1. The number of nitrogens with one attached hydrogen (secondary N) is 1. The van der Waals surface area contributed by atoms with Crippen molar-refractivity contribution in [3.8, 4) is 0 Å². The normalized spacial score (nSPS) is 25.5. The minimum Gasteiger partial charge on any atom is -0.339 e. The first-order chi connectivity index (χ1) is 12.2. The fourth-order valence-electron chi connectivity index (χ4n) is 4.08. The van der Waals surface area contributed by atoms with Crippen molar-refractivity contribution in [3.05, 3.63) is 11.7 Å². The smallest absolute Gasteiger partial charge is 0.317 e. The Hall–Kier alpha value is -1.63. The van der Waals surface area contributed by atoms with Crippen LogP contribution in [-0.2, 0) is 6.42 Å². The van der Waals surface area contributed by atoms with Gasteiger partial charge in [0.1, 0.15) is 0 Å². The fraction of sp³-hybridized carbons (Fsp3) is 0.833. The second-order valence-corrected chi connectivity index (χ2v) is 7.80. The Morgan fingerprint density at radius 2 is 2.08 bits per heavy atom. The first-order valence-corrected chi connectivity index (χ1v) is 9.81. The van der Waals surface area contributed by atoms with Crippen molar-refractivity contribution >= 4 is 6.03 Å². The Kier molecular flexibility index (Phi) is 4.92. The molecule has 3 heterocycles. The molecule has 0 spiro atoms. The van der Waals surface area contributed by atoms with Crippen LogP contribution in [0.25, 0.3) is 0 Å². The summed E-state index contributed by atoms with van der Waals surface area (Å²) in [4.78, 5) is 21.1. The number of piperidine rings is 1. The number of carbonyl (C=O) groups excluding carboxylic acids is 1. The maximum Gasteiger partial charge on any atom is 0.317 e. The molecule has 3 fully saturated rings. The van der Waals surface area contributed by atoms with Gasteiger partial charge in [0.15, 0.2) is 5.82 Å². The molecule has 1 N–H and O–H groups in total. The highest BCUT2D eigenvalue weighted by atomic mass is 16.5. The lowest BCUT2D eigenvalue weighted by molar-refractivity contribution is 0.0170. The SMILES string of the molecule is C[C@@H]1CCCCN1C1CN(C(=O)NCCc2noc(C3CCC3)n2)C1. The van der Waals surface area contributed by atoms with Crippen LogP contribution in [0.4, 0.5) is 4.79 Å². The molecule has 2 aliphatic heterocycles. The quantitative estimate of drug-likeness (QED) is 0.883. The average molecular weight is 347 g/mol. The summed E-state index contributed by atoms with van der Waals surface area (Å²) >= 11 is 0. The van der Waals surface area contributed by atoms with Crippen LogP contribution in [0.5, 0.6) is 0 Å². The van der Waals surface area contributed by atoms with E-state index >= 15 is 0 Å². The molecule has 3 aliphatic rings. The third-order valence-electron chi connectivity index (χ3n) is 6.04. The van der Waals surface area contributed by atoms with E-state index in [2.05, 4.69) is 27.3 Å². The number of aromatic nitrogens is 2. The van der Waals surface area contributed by atoms with Crippen molar-refractivity contribution in [2.45, 2.75) is 69.9 Å². The topological polar surface area (TPSA) is 74.5 Å². The van der Waals surface area contributed by atoms with Crippen LogP contribution >= 0.6 is 0 Å². The summed E-state index contributed by atoms with van der Waals surface area (Å²) in [5.74, 6) is 1.94. The Morgan fingerprint density at radius 1 is 1.24 bits per heavy atom. The molecule has 7 heteroatoms. The lowest BCUT2D eigenvalue weighted by atomic mass is 9.85. The second-order valence-electron chi connectivity index (χ2n) is 7.80. The fourth-order valence-corrected chi connectivity index (χ4v) is 4.08.